The van der Waals surface area contributed by atoms with Crippen LogP contribution in [0.25, 0.3) is 0 Å². The van der Waals surface area contributed by atoms with E-state index in [-0.39, 0.29) is 16.6 Å². The van der Waals surface area contributed by atoms with E-state index < -0.39 is 9.84 Å². The summed E-state index contributed by atoms with van der Waals surface area (Å²) in [7, 11) is -3.43. The third-order valence-electron chi connectivity index (χ3n) is 4.91. The van der Waals surface area contributed by atoms with Crippen molar-refractivity contribution >= 4 is 15.7 Å². The molecule has 1 fully saturated rings. The third kappa shape index (κ3) is 5.91. The van der Waals surface area contributed by atoms with Crippen molar-refractivity contribution in [2.75, 3.05) is 13.2 Å². The SMILES string of the molecule is O=C(NCCC[C@@H]1CCCCO1)c1cccc(CS(=O)(=O)c2ccccc2)c1. The molecule has 3 rings (SSSR count). The number of carbonyl (C=O) groups excluding carboxylic acids is 1. The first-order valence-electron chi connectivity index (χ1n) is 9.81. The van der Waals surface area contributed by atoms with E-state index in [0.717, 1.165) is 32.3 Å². The van der Waals surface area contributed by atoms with Crippen molar-refractivity contribution in [2.45, 2.75) is 48.9 Å². The van der Waals surface area contributed by atoms with Crippen LogP contribution in [0.1, 0.15) is 48.0 Å². The highest BCUT2D eigenvalue weighted by atomic mass is 32.2. The molecule has 6 heteroatoms. The van der Waals surface area contributed by atoms with Crippen molar-refractivity contribution in [2.24, 2.45) is 0 Å². The first-order chi connectivity index (χ1) is 13.5. The molecule has 0 bridgehead atoms. The second-order valence-electron chi connectivity index (χ2n) is 7.16. The van der Waals surface area contributed by atoms with Crippen LogP contribution in [0.3, 0.4) is 0 Å². The van der Waals surface area contributed by atoms with Crippen LogP contribution in [-0.2, 0) is 20.3 Å². The molecule has 0 aliphatic carbocycles. The molecule has 1 atom stereocenters. The van der Waals surface area contributed by atoms with Gasteiger partial charge in [-0.25, -0.2) is 8.42 Å². The first-order valence-corrected chi connectivity index (χ1v) is 11.5. The zero-order valence-electron chi connectivity index (χ0n) is 16.0. The van der Waals surface area contributed by atoms with Crippen LogP contribution >= 0.6 is 0 Å². The van der Waals surface area contributed by atoms with Gasteiger partial charge in [0, 0.05) is 18.7 Å². The molecular formula is C22H27NO4S. The Morgan fingerprint density at radius 3 is 2.64 bits per heavy atom. The molecule has 2 aromatic rings. The molecule has 0 saturated carbocycles. The Kier molecular flexibility index (Phi) is 7.23. The van der Waals surface area contributed by atoms with Crippen molar-refractivity contribution in [3.05, 3.63) is 65.7 Å². The van der Waals surface area contributed by atoms with Crippen molar-refractivity contribution in [3.8, 4) is 0 Å². The lowest BCUT2D eigenvalue weighted by atomic mass is 10.0. The Bertz CT molecular complexity index is 874. The molecule has 1 saturated heterocycles. The van der Waals surface area contributed by atoms with Crippen LogP contribution in [0.2, 0.25) is 0 Å². The molecule has 0 spiro atoms. The summed E-state index contributed by atoms with van der Waals surface area (Å²) < 4.78 is 30.8. The highest BCUT2D eigenvalue weighted by Gasteiger charge is 2.16. The minimum absolute atomic E-state index is 0.128. The highest BCUT2D eigenvalue weighted by molar-refractivity contribution is 7.90. The summed E-state index contributed by atoms with van der Waals surface area (Å²) in [5, 5.41) is 2.92. The summed E-state index contributed by atoms with van der Waals surface area (Å²) in [6.45, 7) is 1.43. The molecule has 150 valence electrons. The fraction of sp³-hybridized carbons (Fsp3) is 0.409. The summed E-state index contributed by atoms with van der Waals surface area (Å²) in [5.41, 5.74) is 1.08. The number of carbonyl (C=O) groups is 1. The number of nitrogens with one attached hydrogen (secondary N) is 1. The molecular weight excluding hydrogens is 374 g/mol. The van der Waals surface area contributed by atoms with Gasteiger partial charge >= 0.3 is 0 Å². The Labute approximate surface area is 167 Å². The largest absolute Gasteiger partial charge is 0.378 e. The van der Waals surface area contributed by atoms with Gasteiger partial charge in [0.2, 0.25) is 0 Å². The summed E-state index contributed by atoms with van der Waals surface area (Å²) >= 11 is 0. The number of hydrogen-bond acceptors (Lipinski definition) is 4. The first kappa shape index (κ1) is 20.6. The van der Waals surface area contributed by atoms with E-state index in [0.29, 0.717) is 23.8 Å². The lowest BCUT2D eigenvalue weighted by Gasteiger charge is -2.22. The normalized spacial score (nSPS) is 17.2. The molecule has 0 aromatic heterocycles. The predicted octanol–water partition coefficient (Wildman–Crippen LogP) is 3.74. The lowest BCUT2D eigenvalue weighted by Crippen LogP contribution is -2.26. The zero-order valence-corrected chi connectivity index (χ0v) is 16.8. The Morgan fingerprint density at radius 1 is 1.07 bits per heavy atom. The molecule has 1 heterocycles. The number of benzene rings is 2. The zero-order chi connectivity index (χ0) is 19.8. The van der Waals surface area contributed by atoms with Crippen molar-refractivity contribution in [1.29, 1.82) is 0 Å². The van der Waals surface area contributed by atoms with Crippen LogP contribution in [0.5, 0.6) is 0 Å². The van der Waals surface area contributed by atoms with Crippen LogP contribution < -0.4 is 5.32 Å². The van der Waals surface area contributed by atoms with E-state index in [1.165, 1.54) is 6.42 Å². The average Bonchev–Trinajstić information content (AvgIpc) is 2.72. The molecule has 5 nitrogen and oxygen atoms in total. The van der Waals surface area contributed by atoms with E-state index in [2.05, 4.69) is 5.32 Å². The van der Waals surface area contributed by atoms with Gasteiger partial charge in [0.05, 0.1) is 16.8 Å². The summed E-state index contributed by atoms with van der Waals surface area (Å²) in [4.78, 5) is 12.7. The monoisotopic (exact) mass is 401 g/mol. The summed E-state index contributed by atoms with van der Waals surface area (Å²) in [6, 6.07) is 15.2. The summed E-state index contributed by atoms with van der Waals surface area (Å²) in [5.74, 6) is -0.305. The predicted molar refractivity (Wildman–Crippen MR) is 109 cm³/mol. The number of ether oxygens (including phenoxy) is 1. The second kappa shape index (κ2) is 9.85. The fourth-order valence-electron chi connectivity index (χ4n) is 3.40. The van der Waals surface area contributed by atoms with Gasteiger partial charge in [-0.1, -0.05) is 30.3 Å². The number of hydrogen-bond donors (Lipinski definition) is 1. The standard InChI is InChI=1S/C22H27NO4S/c24-22(23-14-7-11-20-10-4-5-15-27-20)19-9-6-8-18(16-19)17-28(25,26)21-12-2-1-3-13-21/h1-3,6,8-9,12-13,16,20H,4-5,7,10-11,14-15,17H2,(H,23,24)/t20-/m0/s1. The van der Waals surface area contributed by atoms with Gasteiger partial charge < -0.3 is 10.1 Å². The quantitative estimate of drug-likeness (QED) is 0.684. The molecule has 1 aliphatic rings. The van der Waals surface area contributed by atoms with Gasteiger partial charge in [0.1, 0.15) is 0 Å². The lowest BCUT2D eigenvalue weighted by molar-refractivity contribution is 0.0102. The smallest absolute Gasteiger partial charge is 0.251 e. The van der Waals surface area contributed by atoms with Crippen molar-refractivity contribution in [1.82, 2.24) is 5.32 Å². The molecule has 1 amide bonds. The van der Waals surface area contributed by atoms with E-state index in [1.54, 1.807) is 54.6 Å². The topological polar surface area (TPSA) is 72.5 Å². The van der Waals surface area contributed by atoms with E-state index in [9.17, 15) is 13.2 Å². The van der Waals surface area contributed by atoms with Crippen molar-refractivity contribution in [3.63, 3.8) is 0 Å². The highest BCUT2D eigenvalue weighted by Crippen LogP contribution is 2.18. The molecule has 1 aliphatic heterocycles. The van der Waals surface area contributed by atoms with Crippen LogP contribution in [-0.4, -0.2) is 33.6 Å². The number of rotatable bonds is 8. The van der Waals surface area contributed by atoms with Crippen LogP contribution in [0.15, 0.2) is 59.5 Å². The average molecular weight is 402 g/mol. The van der Waals surface area contributed by atoms with E-state index in [1.807, 2.05) is 0 Å². The van der Waals surface area contributed by atoms with Crippen molar-refractivity contribution < 1.29 is 17.9 Å². The van der Waals surface area contributed by atoms with Gasteiger partial charge in [0.15, 0.2) is 9.84 Å². The minimum Gasteiger partial charge on any atom is -0.378 e. The molecule has 0 radical (unpaired) electrons. The Hall–Kier alpha value is -2.18. The molecule has 2 aromatic carbocycles. The minimum atomic E-state index is -3.43. The second-order valence-corrected chi connectivity index (χ2v) is 9.15. The van der Waals surface area contributed by atoms with E-state index in [4.69, 9.17) is 4.74 Å². The van der Waals surface area contributed by atoms with Crippen LogP contribution in [0.4, 0.5) is 0 Å². The third-order valence-corrected chi connectivity index (χ3v) is 6.61. The molecule has 28 heavy (non-hydrogen) atoms. The van der Waals surface area contributed by atoms with Gasteiger partial charge in [-0.2, -0.15) is 0 Å². The Balaban J connectivity index is 1.53. The van der Waals surface area contributed by atoms with Gasteiger partial charge in [0.25, 0.3) is 5.91 Å². The fourth-order valence-corrected chi connectivity index (χ4v) is 4.76. The molecule has 1 N–H and O–H groups in total. The number of sulfone groups is 1. The van der Waals surface area contributed by atoms with Crippen LogP contribution in [0, 0.1) is 0 Å². The van der Waals surface area contributed by atoms with E-state index >= 15 is 0 Å². The summed E-state index contributed by atoms with van der Waals surface area (Å²) in [6.07, 6.45) is 5.61. The maximum absolute atomic E-state index is 12.5. The molecule has 0 unspecified atom stereocenters. The maximum atomic E-state index is 12.5. The van der Waals surface area contributed by atoms with Gasteiger partial charge in [-0.3, -0.25) is 4.79 Å². The maximum Gasteiger partial charge on any atom is 0.251 e. The Morgan fingerprint density at radius 2 is 1.89 bits per heavy atom. The van der Waals surface area contributed by atoms with Gasteiger partial charge in [-0.15, -0.1) is 0 Å². The number of amides is 1. The van der Waals surface area contributed by atoms with Gasteiger partial charge in [-0.05, 0) is 61.9 Å².